The van der Waals surface area contributed by atoms with Crippen molar-refractivity contribution in [2.24, 2.45) is 46.3 Å². The topological polar surface area (TPSA) is 44.8 Å². The van der Waals surface area contributed by atoms with Crippen LogP contribution in [0.3, 0.4) is 0 Å². The third kappa shape index (κ3) is 6.02. The lowest BCUT2D eigenvalue weighted by Gasteiger charge is -2.65. The van der Waals surface area contributed by atoms with E-state index in [2.05, 4.69) is 60.8 Å². The first-order valence-electron chi connectivity index (χ1n) is 16.6. The minimum absolute atomic E-state index is 0.0682. The molecule has 0 aromatic heterocycles. The van der Waals surface area contributed by atoms with E-state index < -0.39 is 16.6 Å². The highest BCUT2D eigenvalue weighted by molar-refractivity contribution is 6.71. The van der Waals surface area contributed by atoms with Crippen LogP contribution < -0.4 is 0 Å². The largest absolute Gasteiger partial charge is 0.469 e. The fraction of sp³-hybridized carbons (Fsp3) is 0.970. The molecule has 4 fully saturated rings. The quantitative estimate of drug-likeness (QED) is 0.192. The summed E-state index contributed by atoms with van der Waals surface area (Å²) in [6, 6.07) is 2.36. The Bertz CT molecular complexity index is 861. The van der Waals surface area contributed by atoms with Gasteiger partial charge in [-0.15, -0.1) is 0 Å². The average Bonchev–Trinajstić information content (AvgIpc) is 3.25. The van der Waals surface area contributed by atoms with Gasteiger partial charge in [0.15, 0.2) is 16.6 Å². The summed E-state index contributed by atoms with van der Waals surface area (Å²) in [7, 11) is -1.94. The number of fused-ring (bicyclic) bond motifs is 5. The Kier molecular flexibility index (Phi) is 9.64. The predicted octanol–water partition coefficient (Wildman–Crippen LogP) is 9.06. The van der Waals surface area contributed by atoms with E-state index in [1.807, 2.05) is 0 Å². The van der Waals surface area contributed by atoms with E-state index >= 15 is 0 Å². The van der Waals surface area contributed by atoms with Gasteiger partial charge in [-0.05, 0) is 130 Å². The molecular weight excluding hydrogens is 517 g/mol. The van der Waals surface area contributed by atoms with Crippen LogP contribution in [0.2, 0.25) is 38.3 Å². The molecule has 0 amide bonds. The lowest BCUT2D eigenvalue weighted by molar-refractivity contribution is -0.194. The van der Waals surface area contributed by atoms with E-state index in [1.165, 1.54) is 70.6 Å². The molecular formula is C33H62O4Si2. The molecule has 4 saturated carbocycles. The number of carbonyl (C=O) groups is 1. The average molecular weight is 579 g/mol. The molecule has 0 bridgehead atoms. The van der Waals surface area contributed by atoms with Crippen LogP contribution in [-0.4, -0.2) is 41.9 Å². The van der Waals surface area contributed by atoms with Gasteiger partial charge in [-0.25, -0.2) is 0 Å². The summed E-state index contributed by atoms with van der Waals surface area (Å²) in [5.41, 5.74) is 0.573. The molecule has 226 valence electrons. The first kappa shape index (κ1) is 31.8. The summed E-state index contributed by atoms with van der Waals surface area (Å²) in [4.78, 5) is 12.1. The van der Waals surface area contributed by atoms with Crippen LogP contribution in [0.5, 0.6) is 0 Å². The van der Waals surface area contributed by atoms with Gasteiger partial charge in [-0.3, -0.25) is 4.79 Å². The fourth-order valence-corrected chi connectivity index (χ4v) is 12.6. The van der Waals surface area contributed by atoms with Crippen molar-refractivity contribution in [3.05, 3.63) is 0 Å². The molecule has 4 rings (SSSR count). The highest BCUT2D eigenvalue weighted by Crippen LogP contribution is 2.69. The second-order valence-electron chi connectivity index (χ2n) is 15.8. The number of carbonyl (C=O) groups excluding carboxylic acids is 1. The van der Waals surface area contributed by atoms with Crippen LogP contribution in [0.25, 0.3) is 0 Å². The van der Waals surface area contributed by atoms with Gasteiger partial charge in [0.05, 0.1) is 13.2 Å². The molecule has 0 saturated heterocycles. The SMILES string of the molecule is CC[Si](C)(C)O[C@H]1C[C@H]2[C@@H]([C@H](O[Si](C)(C)CC)C[C@@H]3CCCC[C@@]32C)[C@@H]2CC[C@H]([C@H](C)CCC(=O)OC)[C@@]12C. The Labute approximate surface area is 243 Å². The Morgan fingerprint density at radius 3 is 2.23 bits per heavy atom. The van der Waals surface area contributed by atoms with E-state index in [-0.39, 0.29) is 11.4 Å². The van der Waals surface area contributed by atoms with Crippen LogP contribution in [0.4, 0.5) is 0 Å². The number of ether oxygens (including phenoxy) is 1. The molecule has 0 spiro atoms. The summed E-state index contributed by atoms with van der Waals surface area (Å²) in [6.45, 7) is 22.2. The summed E-state index contributed by atoms with van der Waals surface area (Å²) >= 11 is 0. The second-order valence-corrected chi connectivity index (χ2v) is 24.8. The number of methoxy groups -OCH3 is 1. The van der Waals surface area contributed by atoms with Crippen molar-refractivity contribution in [1.82, 2.24) is 0 Å². The van der Waals surface area contributed by atoms with Gasteiger partial charge in [0, 0.05) is 12.5 Å². The van der Waals surface area contributed by atoms with Crippen molar-refractivity contribution in [3.63, 3.8) is 0 Å². The van der Waals surface area contributed by atoms with Crippen molar-refractivity contribution in [1.29, 1.82) is 0 Å². The van der Waals surface area contributed by atoms with Crippen molar-refractivity contribution in [2.45, 2.75) is 149 Å². The van der Waals surface area contributed by atoms with E-state index in [4.69, 9.17) is 13.6 Å². The number of esters is 1. The monoisotopic (exact) mass is 578 g/mol. The molecule has 0 unspecified atom stereocenters. The van der Waals surface area contributed by atoms with Crippen molar-refractivity contribution >= 4 is 22.6 Å². The third-order valence-corrected chi connectivity index (χ3v) is 18.3. The highest BCUT2D eigenvalue weighted by atomic mass is 28.4. The minimum Gasteiger partial charge on any atom is -0.469 e. The normalized spacial score (nSPS) is 41.3. The molecule has 39 heavy (non-hydrogen) atoms. The Morgan fingerprint density at radius 1 is 0.923 bits per heavy atom. The van der Waals surface area contributed by atoms with Crippen LogP contribution >= 0.6 is 0 Å². The van der Waals surface area contributed by atoms with E-state index in [9.17, 15) is 4.79 Å². The third-order valence-electron chi connectivity index (χ3n) is 13.1. The molecule has 0 N–H and O–H groups in total. The van der Waals surface area contributed by atoms with Crippen molar-refractivity contribution in [3.8, 4) is 0 Å². The zero-order chi connectivity index (χ0) is 28.8. The highest BCUT2D eigenvalue weighted by Gasteiger charge is 2.66. The molecule has 0 aliphatic heterocycles. The molecule has 4 aliphatic carbocycles. The molecule has 4 aliphatic rings. The lowest BCUT2D eigenvalue weighted by atomic mass is 9.43. The summed E-state index contributed by atoms with van der Waals surface area (Å²) < 4.78 is 19.8. The molecule has 6 heteroatoms. The van der Waals surface area contributed by atoms with E-state index in [1.54, 1.807) is 0 Å². The number of rotatable bonds is 10. The van der Waals surface area contributed by atoms with Gasteiger partial charge < -0.3 is 13.6 Å². The van der Waals surface area contributed by atoms with Gasteiger partial charge in [-0.1, -0.05) is 47.5 Å². The van der Waals surface area contributed by atoms with Gasteiger partial charge in [-0.2, -0.15) is 0 Å². The first-order valence-corrected chi connectivity index (χ1v) is 22.9. The maximum Gasteiger partial charge on any atom is 0.305 e. The number of hydrogen-bond donors (Lipinski definition) is 0. The molecule has 10 atom stereocenters. The molecule has 4 nitrogen and oxygen atoms in total. The maximum atomic E-state index is 12.1. The van der Waals surface area contributed by atoms with Gasteiger partial charge in [0.25, 0.3) is 0 Å². The Hall–Kier alpha value is -0.176. The maximum absolute atomic E-state index is 12.1. The Morgan fingerprint density at radius 2 is 1.59 bits per heavy atom. The molecule has 0 radical (unpaired) electrons. The molecule has 0 aromatic carbocycles. The lowest BCUT2D eigenvalue weighted by Crippen LogP contribution is -2.64. The van der Waals surface area contributed by atoms with Crippen molar-refractivity contribution < 1.29 is 18.4 Å². The van der Waals surface area contributed by atoms with Crippen LogP contribution in [-0.2, 0) is 18.4 Å². The van der Waals surface area contributed by atoms with Gasteiger partial charge in [0.1, 0.15) is 0 Å². The van der Waals surface area contributed by atoms with E-state index in [0.717, 1.165) is 12.3 Å². The van der Waals surface area contributed by atoms with Crippen molar-refractivity contribution in [2.75, 3.05) is 7.11 Å². The molecule has 0 heterocycles. The summed E-state index contributed by atoms with van der Waals surface area (Å²) in [6.07, 6.45) is 12.8. The first-order chi connectivity index (χ1) is 18.2. The minimum atomic E-state index is -1.76. The van der Waals surface area contributed by atoms with Crippen LogP contribution in [0.1, 0.15) is 98.8 Å². The van der Waals surface area contributed by atoms with Gasteiger partial charge >= 0.3 is 5.97 Å². The zero-order valence-corrected chi connectivity index (χ0v) is 29.2. The second kappa shape index (κ2) is 11.8. The Balaban J connectivity index is 1.75. The molecule has 0 aromatic rings. The van der Waals surface area contributed by atoms with Crippen LogP contribution in [0, 0.1) is 46.3 Å². The summed E-state index contributed by atoms with van der Waals surface area (Å²) in [5.74, 6) is 3.83. The fourth-order valence-electron chi connectivity index (χ4n) is 10.0. The van der Waals surface area contributed by atoms with E-state index in [0.29, 0.717) is 53.6 Å². The van der Waals surface area contributed by atoms with Crippen LogP contribution in [0.15, 0.2) is 0 Å². The zero-order valence-electron chi connectivity index (χ0n) is 27.2. The standard InChI is InChI=1S/C33H62O4Si2/c1-11-38(7,8)36-28-21-24-15-13-14-20-32(24,4)27-22-29(37-39(9,10)12-2)33(5)25(17-18-26(33)31(27)28)23(3)16-19-30(34)35-6/h23-29,31H,11-22H2,1-10H3/t23-,24+,25-,26+,27+,28-,29+,31+,32+,33-/m1/s1. The summed E-state index contributed by atoms with van der Waals surface area (Å²) in [5, 5.41) is 0. The van der Waals surface area contributed by atoms with Gasteiger partial charge in [0.2, 0.25) is 0 Å². The smallest absolute Gasteiger partial charge is 0.305 e. The number of hydrogen-bond acceptors (Lipinski definition) is 4. The predicted molar refractivity (Wildman–Crippen MR) is 167 cm³/mol.